The predicted molar refractivity (Wildman–Crippen MR) is 114 cm³/mol. The highest BCUT2D eigenvalue weighted by atomic mass is 32.1. The number of carbonyl (C=O) groups is 2. The van der Waals surface area contributed by atoms with Crippen LogP contribution in [-0.4, -0.2) is 52.3 Å². The van der Waals surface area contributed by atoms with Crippen LogP contribution in [0.5, 0.6) is 0 Å². The first kappa shape index (κ1) is 20.0. The highest BCUT2D eigenvalue weighted by molar-refractivity contribution is 7.10. The van der Waals surface area contributed by atoms with Crippen LogP contribution in [0.3, 0.4) is 0 Å². The van der Waals surface area contributed by atoms with Gasteiger partial charge in [-0.1, -0.05) is 13.0 Å². The predicted octanol–water partition coefficient (Wildman–Crippen LogP) is 2.61. The second-order valence-electron chi connectivity index (χ2n) is 7.96. The molecule has 1 N–H and O–H groups in total. The largest absolute Gasteiger partial charge is 0.352 e. The standard InChI is InChI=1S/C22H28N4O2S/c1-3-16-4-5-17(23-10-16)11-25-8-7-19-20(14-29-21(19)13-25)22(28)26-9-6-18(12-26)24-15(2)27/h4-5,10,14,18H,3,6-9,11-13H2,1-2H3,(H,24,27). The minimum Gasteiger partial charge on any atom is -0.352 e. The molecule has 29 heavy (non-hydrogen) atoms. The van der Waals surface area contributed by atoms with E-state index in [0.29, 0.717) is 13.1 Å². The topological polar surface area (TPSA) is 65.5 Å². The highest BCUT2D eigenvalue weighted by Crippen LogP contribution is 2.31. The molecule has 4 rings (SSSR count). The van der Waals surface area contributed by atoms with Gasteiger partial charge in [0.2, 0.25) is 5.91 Å². The van der Waals surface area contributed by atoms with Crippen molar-refractivity contribution in [3.63, 3.8) is 0 Å². The fourth-order valence-corrected chi connectivity index (χ4v) is 5.32. The molecule has 0 bridgehead atoms. The molecule has 6 nitrogen and oxygen atoms in total. The minimum atomic E-state index is -0.0314. The van der Waals surface area contributed by atoms with Crippen molar-refractivity contribution in [2.24, 2.45) is 0 Å². The van der Waals surface area contributed by atoms with Gasteiger partial charge < -0.3 is 10.2 Å². The lowest BCUT2D eigenvalue weighted by Gasteiger charge is -2.27. The van der Waals surface area contributed by atoms with E-state index in [9.17, 15) is 9.59 Å². The number of hydrogen-bond donors (Lipinski definition) is 1. The van der Waals surface area contributed by atoms with E-state index in [2.05, 4.69) is 34.3 Å². The summed E-state index contributed by atoms with van der Waals surface area (Å²) in [5, 5.41) is 4.95. The maximum atomic E-state index is 13.0. The van der Waals surface area contributed by atoms with E-state index < -0.39 is 0 Å². The van der Waals surface area contributed by atoms with Crippen LogP contribution < -0.4 is 5.32 Å². The first-order valence-corrected chi connectivity index (χ1v) is 11.2. The van der Waals surface area contributed by atoms with E-state index in [4.69, 9.17) is 0 Å². The van der Waals surface area contributed by atoms with Crippen molar-refractivity contribution in [1.82, 2.24) is 20.1 Å². The summed E-state index contributed by atoms with van der Waals surface area (Å²) in [6.45, 7) is 7.64. The Hall–Kier alpha value is -2.25. The van der Waals surface area contributed by atoms with Crippen molar-refractivity contribution >= 4 is 23.2 Å². The lowest BCUT2D eigenvalue weighted by atomic mass is 10.0. The number of amides is 2. The fourth-order valence-electron chi connectivity index (χ4n) is 4.20. The van der Waals surface area contributed by atoms with Crippen molar-refractivity contribution in [3.8, 4) is 0 Å². The number of hydrogen-bond acceptors (Lipinski definition) is 5. The number of rotatable bonds is 5. The van der Waals surface area contributed by atoms with Gasteiger partial charge >= 0.3 is 0 Å². The lowest BCUT2D eigenvalue weighted by molar-refractivity contribution is -0.119. The molecule has 2 aromatic heterocycles. The van der Waals surface area contributed by atoms with E-state index in [1.807, 2.05) is 16.5 Å². The molecule has 1 unspecified atom stereocenters. The zero-order chi connectivity index (χ0) is 20.4. The number of pyridine rings is 1. The molecule has 1 atom stereocenters. The van der Waals surface area contributed by atoms with E-state index in [0.717, 1.165) is 50.2 Å². The Labute approximate surface area is 175 Å². The minimum absolute atomic E-state index is 0.0314. The highest BCUT2D eigenvalue weighted by Gasteiger charge is 2.31. The normalized spacial score (nSPS) is 19.2. The van der Waals surface area contributed by atoms with Crippen molar-refractivity contribution in [2.75, 3.05) is 19.6 Å². The van der Waals surface area contributed by atoms with Gasteiger partial charge in [-0.2, -0.15) is 0 Å². The van der Waals surface area contributed by atoms with Gasteiger partial charge in [0, 0.05) is 62.1 Å². The van der Waals surface area contributed by atoms with Gasteiger partial charge in [-0.05, 0) is 36.5 Å². The van der Waals surface area contributed by atoms with Crippen molar-refractivity contribution in [2.45, 2.75) is 52.2 Å². The summed E-state index contributed by atoms with van der Waals surface area (Å²) < 4.78 is 0. The van der Waals surface area contributed by atoms with E-state index in [-0.39, 0.29) is 17.9 Å². The van der Waals surface area contributed by atoms with Gasteiger partial charge in [0.25, 0.3) is 5.91 Å². The number of nitrogens with zero attached hydrogens (tertiary/aromatic N) is 3. The Bertz CT molecular complexity index is 893. The van der Waals surface area contributed by atoms with Crippen LogP contribution in [0, 0.1) is 0 Å². The fraction of sp³-hybridized carbons (Fsp3) is 0.500. The Morgan fingerprint density at radius 3 is 2.90 bits per heavy atom. The third kappa shape index (κ3) is 4.51. The van der Waals surface area contributed by atoms with E-state index in [1.54, 1.807) is 11.3 Å². The van der Waals surface area contributed by atoms with Crippen LogP contribution in [0.1, 0.15) is 52.3 Å². The number of likely N-dealkylation sites (tertiary alicyclic amines) is 1. The quantitative estimate of drug-likeness (QED) is 0.820. The second kappa shape index (κ2) is 8.63. The number of carbonyl (C=O) groups excluding carboxylic acids is 2. The van der Waals surface area contributed by atoms with Gasteiger partial charge in [-0.25, -0.2) is 0 Å². The zero-order valence-corrected chi connectivity index (χ0v) is 17.9. The average Bonchev–Trinajstić information content (AvgIpc) is 3.34. The number of aromatic nitrogens is 1. The monoisotopic (exact) mass is 412 g/mol. The second-order valence-corrected chi connectivity index (χ2v) is 8.92. The lowest BCUT2D eigenvalue weighted by Crippen LogP contribution is -2.37. The molecule has 2 aliphatic rings. The van der Waals surface area contributed by atoms with Gasteiger partial charge in [0.05, 0.1) is 11.3 Å². The molecule has 0 spiro atoms. The van der Waals surface area contributed by atoms with Crippen LogP contribution in [-0.2, 0) is 30.7 Å². The number of nitrogens with one attached hydrogen (secondary N) is 1. The molecule has 2 amide bonds. The number of aryl methyl sites for hydroxylation is 1. The third-order valence-corrected chi connectivity index (χ3v) is 6.83. The molecule has 4 heterocycles. The molecule has 1 fully saturated rings. The summed E-state index contributed by atoms with van der Waals surface area (Å²) in [6, 6.07) is 4.36. The van der Waals surface area contributed by atoms with Crippen LogP contribution in [0.25, 0.3) is 0 Å². The summed E-state index contributed by atoms with van der Waals surface area (Å²) in [7, 11) is 0. The Balaban J connectivity index is 1.39. The first-order valence-electron chi connectivity index (χ1n) is 10.3. The Morgan fingerprint density at radius 2 is 2.17 bits per heavy atom. The van der Waals surface area contributed by atoms with Gasteiger partial charge in [-0.3, -0.25) is 19.5 Å². The third-order valence-electron chi connectivity index (χ3n) is 5.82. The van der Waals surface area contributed by atoms with Crippen LogP contribution in [0.2, 0.25) is 0 Å². The number of fused-ring (bicyclic) bond motifs is 1. The Kier molecular flexibility index (Phi) is 5.96. The maximum Gasteiger partial charge on any atom is 0.255 e. The summed E-state index contributed by atoms with van der Waals surface area (Å²) >= 11 is 1.69. The zero-order valence-electron chi connectivity index (χ0n) is 17.1. The van der Waals surface area contributed by atoms with Crippen LogP contribution in [0.15, 0.2) is 23.7 Å². The molecular formula is C22H28N4O2S. The summed E-state index contributed by atoms with van der Waals surface area (Å²) in [5.74, 6) is 0.0803. The Morgan fingerprint density at radius 1 is 1.31 bits per heavy atom. The summed E-state index contributed by atoms with van der Waals surface area (Å²) in [6.07, 6.45) is 4.71. The van der Waals surface area contributed by atoms with Gasteiger partial charge in [0.15, 0.2) is 0 Å². The van der Waals surface area contributed by atoms with Crippen molar-refractivity contribution < 1.29 is 9.59 Å². The molecule has 0 aromatic carbocycles. The van der Waals surface area contributed by atoms with Crippen molar-refractivity contribution in [1.29, 1.82) is 0 Å². The van der Waals surface area contributed by atoms with Crippen molar-refractivity contribution in [3.05, 3.63) is 51.0 Å². The van der Waals surface area contributed by atoms with Gasteiger partial charge in [-0.15, -0.1) is 11.3 Å². The maximum absolute atomic E-state index is 13.0. The molecule has 0 saturated carbocycles. The molecule has 7 heteroatoms. The molecule has 1 saturated heterocycles. The smallest absolute Gasteiger partial charge is 0.255 e. The van der Waals surface area contributed by atoms with Crippen LogP contribution in [0.4, 0.5) is 0 Å². The summed E-state index contributed by atoms with van der Waals surface area (Å²) in [4.78, 5) is 34.5. The average molecular weight is 413 g/mol. The van der Waals surface area contributed by atoms with Gasteiger partial charge in [0.1, 0.15) is 0 Å². The molecular weight excluding hydrogens is 384 g/mol. The number of thiophene rings is 1. The van der Waals surface area contributed by atoms with E-state index >= 15 is 0 Å². The molecule has 154 valence electrons. The van der Waals surface area contributed by atoms with E-state index in [1.165, 1.54) is 22.9 Å². The van der Waals surface area contributed by atoms with Crippen LogP contribution >= 0.6 is 11.3 Å². The first-order chi connectivity index (χ1) is 14.0. The molecule has 2 aromatic rings. The molecule has 2 aliphatic heterocycles. The molecule has 0 aliphatic carbocycles. The SMILES string of the molecule is CCc1ccc(CN2CCc3c(C(=O)N4CCC(NC(C)=O)C4)csc3C2)nc1. The summed E-state index contributed by atoms with van der Waals surface area (Å²) in [5.41, 5.74) is 4.44. The molecule has 0 radical (unpaired) electrons.